The van der Waals surface area contributed by atoms with Crippen LogP contribution in [0.1, 0.15) is 18.4 Å². The Balaban J connectivity index is 2.49. The van der Waals surface area contributed by atoms with Crippen LogP contribution in [0.15, 0.2) is 0 Å². The van der Waals surface area contributed by atoms with Crippen LogP contribution in [0.3, 0.4) is 0 Å². The van der Waals surface area contributed by atoms with E-state index in [0.29, 0.717) is 17.6 Å². The quantitative estimate of drug-likeness (QED) is 0.0527. The summed E-state index contributed by atoms with van der Waals surface area (Å²) in [6.45, 7) is -1.06. The molecule has 0 aliphatic carbocycles. The summed E-state index contributed by atoms with van der Waals surface area (Å²) in [5, 5.41) is 7.11. The number of amides is 3. The van der Waals surface area contributed by atoms with Crippen molar-refractivity contribution < 1.29 is 50.4 Å². The van der Waals surface area contributed by atoms with Crippen LogP contribution in [-0.2, 0) is 30.5 Å². The van der Waals surface area contributed by atoms with Crippen LogP contribution in [0.2, 0.25) is 0 Å². The maximum atomic E-state index is 13.6. The van der Waals surface area contributed by atoms with Gasteiger partial charge in [0.25, 0.3) is 0 Å². The first kappa shape index (κ1) is 33.0. The third-order valence-electron chi connectivity index (χ3n) is 5.02. The van der Waals surface area contributed by atoms with Gasteiger partial charge in [0.05, 0.1) is 45.8 Å². The summed E-state index contributed by atoms with van der Waals surface area (Å²) in [5.74, 6) is -14.4. The van der Waals surface area contributed by atoms with E-state index in [0.717, 1.165) is 0 Å². The van der Waals surface area contributed by atoms with Crippen molar-refractivity contribution in [2.75, 3.05) is 46.5 Å². The maximum Gasteiger partial charge on any atom is 0.325 e. The van der Waals surface area contributed by atoms with E-state index in [-0.39, 0.29) is 18.6 Å². The average Bonchev–Trinajstić information content (AvgIpc) is 2.85. The van der Waals surface area contributed by atoms with E-state index in [1.54, 1.807) is 0 Å². The zero-order valence-electron chi connectivity index (χ0n) is 21.0. The minimum absolute atomic E-state index is 0.00697. The van der Waals surface area contributed by atoms with E-state index in [4.69, 9.17) is 5.73 Å². The highest BCUT2D eigenvalue weighted by Crippen LogP contribution is 2.23. The molecule has 3 amide bonds. The molecule has 0 spiro atoms. The molecule has 0 bridgehead atoms. The third kappa shape index (κ3) is 10.4. The molecular formula is C22H31F5N5O5S+. The lowest BCUT2D eigenvalue weighted by molar-refractivity contribution is -0.869. The van der Waals surface area contributed by atoms with Gasteiger partial charge < -0.3 is 30.9 Å². The second kappa shape index (κ2) is 14.8. The monoisotopic (exact) mass is 572 g/mol. The minimum Gasteiger partial charge on any atom is -0.459 e. The van der Waals surface area contributed by atoms with Gasteiger partial charge in [0, 0.05) is 12.2 Å². The van der Waals surface area contributed by atoms with Crippen molar-refractivity contribution >= 4 is 36.3 Å². The van der Waals surface area contributed by atoms with Gasteiger partial charge in [-0.15, -0.1) is 0 Å². The van der Waals surface area contributed by atoms with Crippen molar-refractivity contribution in [2.24, 2.45) is 5.73 Å². The summed E-state index contributed by atoms with van der Waals surface area (Å²) in [4.78, 5) is 48.2. The highest BCUT2D eigenvalue weighted by Gasteiger charge is 2.27. The van der Waals surface area contributed by atoms with Gasteiger partial charge in [-0.3, -0.25) is 19.2 Å². The van der Waals surface area contributed by atoms with Crippen molar-refractivity contribution in [3.8, 4) is 0 Å². The molecule has 38 heavy (non-hydrogen) atoms. The summed E-state index contributed by atoms with van der Waals surface area (Å²) >= 11 is 3.95. The van der Waals surface area contributed by atoms with Gasteiger partial charge in [0.2, 0.25) is 23.5 Å². The Morgan fingerprint density at radius 2 is 1.47 bits per heavy atom. The predicted molar refractivity (Wildman–Crippen MR) is 128 cm³/mol. The molecule has 0 saturated heterocycles. The molecule has 1 aromatic carbocycles. The van der Waals surface area contributed by atoms with Crippen LogP contribution in [-0.4, -0.2) is 86.8 Å². The highest BCUT2D eigenvalue weighted by molar-refractivity contribution is 7.80. The summed E-state index contributed by atoms with van der Waals surface area (Å²) < 4.78 is 71.9. The topological polar surface area (TPSA) is 140 Å². The van der Waals surface area contributed by atoms with Crippen LogP contribution < -0.4 is 21.7 Å². The maximum absolute atomic E-state index is 13.6. The van der Waals surface area contributed by atoms with Crippen molar-refractivity contribution in [3.63, 3.8) is 0 Å². The number of esters is 1. The van der Waals surface area contributed by atoms with Crippen LogP contribution >= 0.6 is 12.6 Å². The Morgan fingerprint density at radius 1 is 0.921 bits per heavy atom. The summed E-state index contributed by atoms with van der Waals surface area (Å²) in [7, 11) is 5.86. The first-order valence-corrected chi connectivity index (χ1v) is 11.9. The lowest BCUT2D eigenvalue weighted by Gasteiger charge is -2.24. The highest BCUT2D eigenvalue weighted by atomic mass is 32.1. The fourth-order valence-electron chi connectivity index (χ4n) is 2.79. The Hall–Kier alpha value is -2.98. The van der Waals surface area contributed by atoms with Crippen LogP contribution in [0, 0.1) is 29.1 Å². The predicted octanol–water partition coefficient (Wildman–Crippen LogP) is -0.114. The molecule has 0 fully saturated rings. The number of rotatable bonds is 14. The molecule has 214 valence electrons. The molecule has 0 heterocycles. The largest absolute Gasteiger partial charge is 0.459 e. The molecule has 0 radical (unpaired) electrons. The molecular weight excluding hydrogens is 541 g/mol. The van der Waals surface area contributed by atoms with E-state index >= 15 is 0 Å². The fourth-order valence-corrected chi connectivity index (χ4v) is 3.04. The Bertz CT molecular complexity index is 1010. The lowest BCUT2D eigenvalue weighted by atomic mass is 10.1. The molecule has 0 saturated carbocycles. The van der Waals surface area contributed by atoms with Gasteiger partial charge in [0.15, 0.2) is 23.3 Å². The number of halogens is 5. The zero-order valence-corrected chi connectivity index (χ0v) is 21.9. The number of likely N-dealkylation sites (N-methyl/N-ethyl adjacent to an activating group) is 1. The Morgan fingerprint density at radius 3 is 2.00 bits per heavy atom. The number of nitrogens with one attached hydrogen (secondary N) is 3. The van der Waals surface area contributed by atoms with Crippen molar-refractivity contribution in [2.45, 2.75) is 31.5 Å². The normalized spacial score (nSPS) is 12.9. The van der Waals surface area contributed by atoms with Gasteiger partial charge in [0.1, 0.15) is 19.2 Å². The molecule has 1 rings (SSSR count). The fraction of sp³-hybridized carbons (Fsp3) is 0.545. The van der Waals surface area contributed by atoms with E-state index in [9.17, 15) is 41.1 Å². The summed E-state index contributed by atoms with van der Waals surface area (Å²) in [5.41, 5.74) is 4.42. The van der Waals surface area contributed by atoms with Crippen molar-refractivity contribution in [3.05, 3.63) is 34.6 Å². The number of nitrogens with two attached hydrogens (primary N) is 1. The van der Waals surface area contributed by atoms with Gasteiger partial charge in [-0.25, -0.2) is 22.0 Å². The number of carbonyl (C=O) groups is 4. The molecule has 0 aliphatic heterocycles. The first-order chi connectivity index (χ1) is 17.6. The first-order valence-electron chi connectivity index (χ1n) is 11.3. The number of thiol groups is 1. The van der Waals surface area contributed by atoms with Crippen molar-refractivity contribution in [1.29, 1.82) is 0 Å². The molecule has 10 nitrogen and oxygen atoms in total. The molecule has 0 unspecified atom stereocenters. The van der Waals surface area contributed by atoms with Crippen LogP contribution in [0.25, 0.3) is 0 Å². The molecule has 1 aromatic rings. The molecule has 0 aliphatic rings. The van der Waals surface area contributed by atoms with E-state index in [1.807, 2.05) is 21.1 Å². The standard InChI is InChI=1S/C22H30F5N5O5S/c1-32(2,3)7-6-29-21(35)12(28)4-5-14(33)31-13(10-38)22(36)30-8-15(34)37-9-11-16(23)18(25)20(27)19(26)17(11)24/h12-13H,4-10,28H2,1-3H3,(H3-,29,30,31,33,35,36,38)/p+1/t12-,13-/m0/s1. The molecule has 0 aromatic heterocycles. The number of quaternary nitrogens is 1. The second-order valence-corrected chi connectivity index (χ2v) is 9.54. The molecule has 16 heteroatoms. The smallest absolute Gasteiger partial charge is 0.325 e. The SMILES string of the molecule is C[N+](C)(C)CCNC(=O)[C@@H](N)CCC(=O)N[C@@H](CS)C(=O)NCC(=O)OCc1c(F)c(F)c(F)c(F)c1F. The van der Waals surface area contributed by atoms with Crippen LogP contribution in [0.5, 0.6) is 0 Å². The number of ether oxygens (including phenoxy) is 1. The minimum atomic E-state index is -2.36. The van der Waals surface area contributed by atoms with Gasteiger partial charge in [-0.1, -0.05) is 0 Å². The molecule has 2 atom stereocenters. The number of hydrogen-bond donors (Lipinski definition) is 5. The Labute approximate surface area is 221 Å². The second-order valence-electron chi connectivity index (χ2n) is 9.18. The zero-order chi connectivity index (χ0) is 29.2. The van der Waals surface area contributed by atoms with Gasteiger partial charge in [-0.2, -0.15) is 12.6 Å². The molecule has 5 N–H and O–H groups in total. The number of benzene rings is 1. The van der Waals surface area contributed by atoms with Gasteiger partial charge in [-0.05, 0) is 6.42 Å². The lowest BCUT2D eigenvalue weighted by Crippen LogP contribution is -2.50. The third-order valence-corrected chi connectivity index (χ3v) is 5.39. The van der Waals surface area contributed by atoms with E-state index in [1.165, 1.54) is 0 Å². The van der Waals surface area contributed by atoms with E-state index in [2.05, 4.69) is 33.3 Å². The summed E-state index contributed by atoms with van der Waals surface area (Å²) in [6, 6.07) is -2.16. The van der Waals surface area contributed by atoms with Gasteiger partial charge >= 0.3 is 5.97 Å². The number of carbonyl (C=O) groups excluding carboxylic acids is 4. The average molecular weight is 573 g/mol. The van der Waals surface area contributed by atoms with Crippen LogP contribution in [0.4, 0.5) is 22.0 Å². The number of nitrogens with zero attached hydrogens (tertiary/aromatic N) is 1. The van der Waals surface area contributed by atoms with Crippen molar-refractivity contribution in [1.82, 2.24) is 16.0 Å². The Kier molecular flexibility index (Phi) is 12.9. The number of hydrogen-bond acceptors (Lipinski definition) is 7. The van der Waals surface area contributed by atoms with E-state index < -0.39 is 83.6 Å². The summed E-state index contributed by atoms with van der Waals surface area (Å²) in [6.07, 6.45) is -0.196.